The van der Waals surface area contributed by atoms with Gasteiger partial charge in [0.05, 0.1) is 12.2 Å². The van der Waals surface area contributed by atoms with Gasteiger partial charge in [0.25, 0.3) is 0 Å². The number of hydrogen-bond donors (Lipinski definition) is 0. The quantitative estimate of drug-likeness (QED) is 0.445. The van der Waals surface area contributed by atoms with Crippen molar-refractivity contribution in [3.63, 3.8) is 0 Å². The largest absolute Gasteiger partial charge is 0.369 e. The summed E-state index contributed by atoms with van der Waals surface area (Å²) in [6.45, 7) is 6.90. The van der Waals surface area contributed by atoms with E-state index in [9.17, 15) is 0 Å². The molecule has 5 unspecified atom stereocenters. The van der Waals surface area contributed by atoms with E-state index in [2.05, 4.69) is 45.1 Å². The standard InChI is InChI=1S/C15H24O/c1-11-6-4-8-12(2)10-14-15(16-14)13(3)9-5-7-11/h4-5,7-8,11-15H,6,9-10H2,1-3H3/b7-5?,8-4+. The molecular weight excluding hydrogens is 196 g/mol. The third kappa shape index (κ3) is 3.21. The molecule has 2 rings (SSSR count). The fourth-order valence-corrected chi connectivity index (χ4v) is 2.56. The first-order chi connectivity index (χ1) is 7.66. The second-order valence-corrected chi connectivity index (χ2v) is 5.63. The zero-order chi connectivity index (χ0) is 11.5. The SMILES string of the molecule is CC1C=CCC(C)C2OC2CC(C)/C=C/C1. The number of epoxide rings is 1. The van der Waals surface area contributed by atoms with Crippen molar-refractivity contribution in [1.29, 1.82) is 0 Å². The molecule has 90 valence electrons. The minimum Gasteiger partial charge on any atom is -0.369 e. The molecule has 1 nitrogen and oxygen atoms in total. The summed E-state index contributed by atoms with van der Waals surface area (Å²) >= 11 is 0. The summed E-state index contributed by atoms with van der Waals surface area (Å²) in [7, 11) is 0. The van der Waals surface area contributed by atoms with Crippen LogP contribution in [-0.4, -0.2) is 12.2 Å². The molecule has 2 aliphatic rings. The zero-order valence-corrected chi connectivity index (χ0v) is 10.7. The molecule has 16 heavy (non-hydrogen) atoms. The van der Waals surface area contributed by atoms with Gasteiger partial charge in [-0.3, -0.25) is 0 Å². The van der Waals surface area contributed by atoms with Gasteiger partial charge < -0.3 is 4.74 Å². The van der Waals surface area contributed by atoms with E-state index in [0.717, 1.165) is 0 Å². The topological polar surface area (TPSA) is 12.5 Å². The highest BCUT2D eigenvalue weighted by Gasteiger charge is 2.42. The van der Waals surface area contributed by atoms with Crippen LogP contribution < -0.4 is 0 Å². The summed E-state index contributed by atoms with van der Waals surface area (Å²) in [6.07, 6.45) is 14.0. The number of rotatable bonds is 0. The zero-order valence-electron chi connectivity index (χ0n) is 10.7. The van der Waals surface area contributed by atoms with Gasteiger partial charge in [-0.15, -0.1) is 0 Å². The summed E-state index contributed by atoms with van der Waals surface area (Å²) in [5.74, 6) is 2.02. The predicted octanol–water partition coefficient (Wildman–Crippen LogP) is 3.96. The van der Waals surface area contributed by atoms with Gasteiger partial charge in [-0.25, -0.2) is 0 Å². The maximum absolute atomic E-state index is 5.77. The van der Waals surface area contributed by atoms with Crippen molar-refractivity contribution in [3.05, 3.63) is 24.3 Å². The smallest absolute Gasteiger partial charge is 0.0870 e. The third-order valence-electron chi connectivity index (χ3n) is 3.73. The molecule has 5 atom stereocenters. The van der Waals surface area contributed by atoms with E-state index in [1.54, 1.807) is 0 Å². The highest BCUT2D eigenvalue weighted by atomic mass is 16.6. The Kier molecular flexibility index (Phi) is 3.86. The lowest BCUT2D eigenvalue weighted by molar-refractivity contribution is 0.317. The summed E-state index contributed by atoms with van der Waals surface area (Å²) in [6, 6.07) is 0. The van der Waals surface area contributed by atoms with Gasteiger partial charge in [0.1, 0.15) is 0 Å². The molecule has 0 amide bonds. The Balaban J connectivity index is 1.98. The summed E-state index contributed by atoms with van der Waals surface area (Å²) in [4.78, 5) is 0. The minimum atomic E-state index is 0.523. The van der Waals surface area contributed by atoms with Crippen molar-refractivity contribution in [3.8, 4) is 0 Å². The molecule has 0 aromatic heterocycles. The van der Waals surface area contributed by atoms with E-state index in [1.807, 2.05) is 0 Å². The van der Waals surface area contributed by atoms with Crippen molar-refractivity contribution >= 4 is 0 Å². The van der Waals surface area contributed by atoms with Crippen LogP contribution in [0.3, 0.4) is 0 Å². The molecule has 0 N–H and O–H groups in total. The Morgan fingerprint density at radius 1 is 0.938 bits per heavy atom. The van der Waals surface area contributed by atoms with Crippen molar-refractivity contribution in [1.82, 2.24) is 0 Å². The van der Waals surface area contributed by atoms with E-state index in [4.69, 9.17) is 4.74 Å². The van der Waals surface area contributed by atoms with Gasteiger partial charge in [-0.1, -0.05) is 45.1 Å². The van der Waals surface area contributed by atoms with Gasteiger partial charge >= 0.3 is 0 Å². The number of hydrogen-bond acceptors (Lipinski definition) is 1. The van der Waals surface area contributed by atoms with Gasteiger partial charge in [0.15, 0.2) is 0 Å². The summed E-state index contributed by atoms with van der Waals surface area (Å²) in [5, 5.41) is 0. The van der Waals surface area contributed by atoms with Crippen molar-refractivity contribution in [2.24, 2.45) is 17.8 Å². The maximum Gasteiger partial charge on any atom is 0.0870 e. The molecule has 0 saturated carbocycles. The van der Waals surface area contributed by atoms with Crippen LogP contribution >= 0.6 is 0 Å². The van der Waals surface area contributed by atoms with E-state index < -0.39 is 0 Å². The second-order valence-electron chi connectivity index (χ2n) is 5.63. The van der Waals surface area contributed by atoms with Gasteiger partial charge in [0.2, 0.25) is 0 Å². The highest BCUT2D eigenvalue weighted by molar-refractivity contribution is 5.00. The molecular formula is C15H24O. The van der Waals surface area contributed by atoms with Crippen LogP contribution in [0.4, 0.5) is 0 Å². The van der Waals surface area contributed by atoms with E-state index in [0.29, 0.717) is 30.0 Å². The van der Waals surface area contributed by atoms with Gasteiger partial charge in [-0.05, 0) is 37.0 Å². The normalized spacial score (nSPS) is 46.3. The summed E-state index contributed by atoms with van der Waals surface area (Å²) < 4.78 is 5.77. The lowest BCUT2D eigenvalue weighted by atomic mass is 9.94. The number of ether oxygens (including phenoxy) is 1. The molecule has 0 aromatic carbocycles. The maximum atomic E-state index is 5.77. The van der Waals surface area contributed by atoms with Crippen LogP contribution in [0.1, 0.15) is 40.0 Å². The molecule has 0 spiro atoms. The Morgan fingerprint density at radius 2 is 1.62 bits per heavy atom. The second kappa shape index (κ2) is 5.18. The van der Waals surface area contributed by atoms with Gasteiger partial charge in [-0.2, -0.15) is 0 Å². The van der Waals surface area contributed by atoms with Crippen LogP contribution in [0.25, 0.3) is 0 Å². The fraction of sp³-hybridized carbons (Fsp3) is 0.733. The molecule has 0 aromatic rings. The van der Waals surface area contributed by atoms with Crippen LogP contribution in [0.5, 0.6) is 0 Å². The van der Waals surface area contributed by atoms with Crippen LogP contribution in [-0.2, 0) is 4.74 Å². The molecule has 1 aliphatic carbocycles. The number of allylic oxidation sites excluding steroid dienone is 4. The van der Waals surface area contributed by atoms with E-state index >= 15 is 0 Å². The van der Waals surface area contributed by atoms with Crippen molar-refractivity contribution in [2.45, 2.75) is 52.2 Å². The lowest BCUT2D eigenvalue weighted by Gasteiger charge is -2.09. The third-order valence-corrected chi connectivity index (χ3v) is 3.73. The van der Waals surface area contributed by atoms with Gasteiger partial charge in [0, 0.05) is 0 Å². The first-order valence-corrected chi connectivity index (χ1v) is 6.65. The van der Waals surface area contributed by atoms with E-state index in [-0.39, 0.29) is 0 Å². The Hall–Kier alpha value is -0.560. The summed E-state index contributed by atoms with van der Waals surface area (Å²) in [5.41, 5.74) is 0. The van der Waals surface area contributed by atoms with Crippen LogP contribution in [0, 0.1) is 17.8 Å². The molecule has 1 saturated heterocycles. The molecule has 0 bridgehead atoms. The average molecular weight is 220 g/mol. The molecule has 0 radical (unpaired) electrons. The minimum absolute atomic E-state index is 0.523. The lowest BCUT2D eigenvalue weighted by Crippen LogP contribution is -2.08. The fourth-order valence-electron chi connectivity index (χ4n) is 2.56. The molecule has 1 fully saturated rings. The van der Waals surface area contributed by atoms with Crippen LogP contribution in [0.15, 0.2) is 24.3 Å². The molecule has 1 aliphatic heterocycles. The predicted molar refractivity (Wildman–Crippen MR) is 68.3 cm³/mol. The Labute approximate surface area is 99.6 Å². The highest BCUT2D eigenvalue weighted by Crippen LogP contribution is 2.36. The van der Waals surface area contributed by atoms with Crippen LogP contribution in [0.2, 0.25) is 0 Å². The average Bonchev–Trinajstić information content (AvgIpc) is 2.95. The Bertz CT molecular complexity index is 279. The molecule has 1 heteroatoms. The number of fused-ring (bicyclic) bond motifs is 1. The van der Waals surface area contributed by atoms with Crippen molar-refractivity contribution in [2.75, 3.05) is 0 Å². The first-order valence-electron chi connectivity index (χ1n) is 6.65. The Morgan fingerprint density at radius 3 is 2.44 bits per heavy atom. The van der Waals surface area contributed by atoms with E-state index in [1.165, 1.54) is 19.3 Å². The van der Waals surface area contributed by atoms with Crippen molar-refractivity contribution < 1.29 is 4.74 Å². The monoisotopic (exact) mass is 220 g/mol. The molecule has 1 heterocycles. The first kappa shape index (κ1) is 11.9.